The summed E-state index contributed by atoms with van der Waals surface area (Å²) >= 11 is 0. The number of methoxy groups -OCH3 is 2. The molecule has 0 spiro atoms. The third-order valence-electron chi connectivity index (χ3n) is 3.58. The van der Waals surface area contributed by atoms with E-state index in [0.717, 1.165) is 5.56 Å². The highest BCUT2D eigenvalue weighted by molar-refractivity contribution is 5.96. The van der Waals surface area contributed by atoms with Crippen molar-refractivity contribution in [3.05, 3.63) is 42.0 Å². The molecule has 1 aromatic rings. The first-order valence-corrected chi connectivity index (χ1v) is 7.15. The number of hydrogen-bond donors (Lipinski definition) is 0. The van der Waals surface area contributed by atoms with Gasteiger partial charge >= 0.3 is 11.9 Å². The van der Waals surface area contributed by atoms with Crippen LogP contribution in [0.3, 0.4) is 0 Å². The minimum Gasteiger partial charge on any atom is -0.468 e. The van der Waals surface area contributed by atoms with Gasteiger partial charge in [-0.15, -0.1) is 0 Å². The number of allylic oxidation sites excluding steroid dienone is 1. The molecule has 0 aliphatic carbocycles. The first kappa shape index (κ1) is 18.0. The van der Waals surface area contributed by atoms with Crippen LogP contribution < -0.4 is 0 Å². The van der Waals surface area contributed by atoms with Crippen molar-refractivity contribution in [1.29, 1.82) is 0 Å². The van der Waals surface area contributed by atoms with Crippen molar-refractivity contribution < 1.29 is 19.1 Å². The van der Waals surface area contributed by atoms with Gasteiger partial charge in [0.25, 0.3) is 0 Å². The molecule has 0 saturated heterocycles. The van der Waals surface area contributed by atoms with Crippen molar-refractivity contribution in [2.75, 3.05) is 14.2 Å². The van der Waals surface area contributed by atoms with Crippen molar-refractivity contribution in [3.8, 4) is 0 Å². The minimum atomic E-state index is -0.982. The summed E-state index contributed by atoms with van der Waals surface area (Å²) in [5, 5.41) is 0. The molecular formula is C18H24O4. The summed E-state index contributed by atoms with van der Waals surface area (Å²) in [4.78, 5) is 23.4. The molecule has 1 rings (SSSR count). The fourth-order valence-electron chi connectivity index (χ4n) is 2.12. The second kappa shape index (κ2) is 7.25. The molecule has 4 nitrogen and oxygen atoms in total. The lowest BCUT2D eigenvalue weighted by atomic mass is 9.85. The first-order chi connectivity index (χ1) is 10.2. The number of esters is 2. The van der Waals surface area contributed by atoms with Gasteiger partial charge < -0.3 is 9.47 Å². The maximum Gasteiger partial charge on any atom is 0.320 e. The Morgan fingerprint density at radius 3 is 1.86 bits per heavy atom. The lowest BCUT2D eigenvalue weighted by Gasteiger charge is -2.20. The molecule has 4 heteroatoms. The van der Waals surface area contributed by atoms with Crippen LogP contribution in [0.1, 0.15) is 38.3 Å². The van der Waals surface area contributed by atoms with Crippen LogP contribution in [0.25, 0.3) is 5.57 Å². The van der Waals surface area contributed by atoms with Gasteiger partial charge in [0.15, 0.2) is 5.92 Å². The summed E-state index contributed by atoms with van der Waals surface area (Å²) in [5.74, 6) is -2.21. The molecule has 0 bridgehead atoms. The number of hydrogen-bond acceptors (Lipinski definition) is 4. The standard InChI is InChI=1S/C18H24O4/c1-12(11-15(16(19)21-5)17(20)22-6)13-7-9-14(10-8-13)18(2,3)4/h7-10,15H,1,11H2,2-6H3. The zero-order chi connectivity index (χ0) is 16.9. The molecule has 0 aliphatic rings. The van der Waals surface area contributed by atoms with E-state index in [-0.39, 0.29) is 11.8 Å². The SMILES string of the molecule is C=C(CC(C(=O)OC)C(=O)OC)c1ccc(C(C)(C)C)cc1. The fraction of sp³-hybridized carbons (Fsp3) is 0.444. The van der Waals surface area contributed by atoms with E-state index in [9.17, 15) is 9.59 Å². The summed E-state index contributed by atoms with van der Waals surface area (Å²) in [6, 6.07) is 7.97. The van der Waals surface area contributed by atoms with Gasteiger partial charge in [-0.1, -0.05) is 51.6 Å². The number of rotatable bonds is 5. The number of ether oxygens (including phenoxy) is 2. The Morgan fingerprint density at radius 1 is 1.05 bits per heavy atom. The van der Waals surface area contributed by atoms with Crippen molar-refractivity contribution in [2.24, 2.45) is 5.92 Å². The van der Waals surface area contributed by atoms with E-state index in [2.05, 4.69) is 36.8 Å². The second-order valence-electron chi connectivity index (χ2n) is 6.23. The van der Waals surface area contributed by atoms with Crippen LogP contribution in [0.5, 0.6) is 0 Å². The quantitative estimate of drug-likeness (QED) is 0.618. The molecule has 0 aromatic heterocycles. The maximum absolute atomic E-state index is 11.7. The van der Waals surface area contributed by atoms with Crippen LogP contribution >= 0.6 is 0 Å². The van der Waals surface area contributed by atoms with E-state index >= 15 is 0 Å². The Labute approximate surface area is 132 Å². The normalized spacial score (nSPS) is 11.2. The lowest BCUT2D eigenvalue weighted by molar-refractivity contribution is -0.158. The van der Waals surface area contributed by atoms with Gasteiger partial charge in [0.2, 0.25) is 0 Å². The monoisotopic (exact) mass is 304 g/mol. The third kappa shape index (κ3) is 4.45. The van der Waals surface area contributed by atoms with Crippen LogP contribution in [-0.4, -0.2) is 26.2 Å². The maximum atomic E-state index is 11.7. The molecule has 0 heterocycles. The molecule has 120 valence electrons. The molecule has 1 aromatic carbocycles. The van der Waals surface area contributed by atoms with Gasteiger partial charge in [-0.2, -0.15) is 0 Å². The van der Waals surface area contributed by atoms with Crippen molar-refractivity contribution >= 4 is 17.5 Å². The van der Waals surface area contributed by atoms with Crippen LogP contribution in [-0.2, 0) is 24.5 Å². The summed E-state index contributed by atoms with van der Waals surface area (Å²) in [7, 11) is 2.50. The molecule has 0 fully saturated rings. The molecule has 0 atom stereocenters. The Kier molecular flexibility index (Phi) is 5.92. The van der Waals surface area contributed by atoms with Crippen LogP contribution in [0, 0.1) is 5.92 Å². The molecular weight excluding hydrogens is 280 g/mol. The molecule has 22 heavy (non-hydrogen) atoms. The Balaban J connectivity index is 2.91. The van der Waals surface area contributed by atoms with Crippen LogP contribution in [0.4, 0.5) is 0 Å². The predicted molar refractivity (Wildman–Crippen MR) is 86.3 cm³/mol. The van der Waals surface area contributed by atoms with Crippen molar-refractivity contribution in [2.45, 2.75) is 32.6 Å². The summed E-state index contributed by atoms with van der Waals surface area (Å²) in [6.07, 6.45) is 0.175. The average molecular weight is 304 g/mol. The van der Waals surface area contributed by atoms with Crippen molar-refractivity contribution in [1.82, 2.24) is 0 Å². The molecule has 0 unspecified atom stereocenters. The molecule has 0 radical (unpaired) electrons. The van der Waals surface area contributed by atoms with Gasteiger partial charge in [-0.05, 0) is 28.5 Å². The number of carbonyl (C=O) groups excluding carboxylic acids is 2. The highest BCUT2D eigenvalue weighted by atomic mass is 16.5. The van der Waals surface area contributed by atoms with E-state index in [1.807, 2.05) is 24.3 Å². The lowest BCUT2D eigenvalue weighted by Crippen LogP contribution is -2.26. The van der Waals surface area contributed by atoms with E-state index < -0.39 is 17.9 Å². The topological polar surface area (TPSA) is 52.6 Å². The summed E-state index contributed by atoms with van der Waals surface area (Å²) in [6.45, 7) is 10.4. The zero-order valence-electron chi connectivity index (χ0n) is 13.9. The van der Waals surface area contributed by atoms with Gasteiger partial charge in [-0.3, -0.25) is 9.59 Å². The minimum absolute atomic E-state index is 0.0699. The smallest absolute Gasteiger partial charge is 0.320 e. The highest BCUT2D eigenvalue weighted by Gasteiger charge is 2.29. The largest absolute Gasteiger partial charge is 0.468 e. The third-order valence-corrected chi connectivity index (χ3v) is 3.58. The molecule has 0 saturated carbocycles. The summed E-state index contributed by atoms with van der Waals surface area (Å²) < 4.78 is 9.31. The van der Waals surface area contributed by atoms with Crippen LogP contribution in [0.2, 0.25) is 0 Å². The fourth-order valence-corrected chi connectivity index (χ4v) is 2.12. The zero-order valence-corrected chi connectivity index (χ0v) is 13.9. The summed E-state index contributed by atoms with van der Waals surface area (Å²) in [5.41, 5.74) is 2.87. The second-order valence-corrected chi connectivity index (χ2v) is 6.23. The number of benzene rings is 1. The number of carbonyl (C=O) groups is 2. The Morgan fingerprint density at radius 2 is 1.50 bits per heavy atom. The van der Waals surface area contributed by atoms with E-state index in [4.69, 9.17) is 0 Å². The van der Waals surface area contributed by atoms with Gasteiger partial charge in [-0.25, -0.2) is 0 Å². The Bertz CT molecular complexity index is 533. The molecule has 0 N–H and O–H groups in total. The van der Waals surface area contributed by atoms with Gasteiger partial charge in [0.05, 0.1) is 14.2 Å². The Hall–Kier alpha value is -2.10. The van der Waals surface area contributed by atoms with Gasteiger partial charge in [0, 0.05) is 0 Å². The first-order valence-electron chi connectivity index (χ1n) is 7.15. The van der Waals surface area contributed by atoms with Crippen LogP contribution in [0.15, 0.2) is 30.8 Å². The van der Waals surface area contributed by atoms with Gasteiger partial charge in [0.1, 0.15) is 0 Å². The highest BCUT2D eigenvalue weighted by Crippen LogP contribution is 2.27. The van der Waals surface area contributed by atoms with Crippen molar-refractivity contribution in [3.63, 3.8) is 0 Å². The molecule has 0 amide bonds. The average Bonchev–Trinajstić information content (AvgIpc) is 2.50. The molecule has 0 aliphatic heterocycles. The van der Waals surface area contributed by atoms with E-state index in [1.54, 1.807) is 0 Å². The van der Waals surface area contributed by atoms with E-state index in [1.165, 1.54) is 19.8 Å². The predicted octanol–water partition coefficient (Wildman–Crippen LogP) is 3.35. The van der Waals surface area contributed by atoms with E-state index in [0.29, 0.717) is 5.57 Å².